The molecule has 0 radical (unpaired) electrons. The molecule has 0 spiro atoms. The van der Waals surface area contributed by atoms with E-state index in [0.29, 0.717) is 0 Å². The zero-order valence-electron chi connectivity index (χ0n) is 7.75. The minimum Gasteiger partial charge on any atom is -0.395 e. The highest BCUT2D eigenvalue weighted by Gasteiger charge is 2.30. The van der Waals surface area contributed by atoms with Gasteiger partial charge in [0.2, 0.25) is 0 Å². The molecule has 0 amide bonds. The fourth-order valence-electron chi connectivity index (χ4n) is 1.34. The van der Waals surface area contributed by atoms with E-state index < -0.39 is 5.41 Å². The first-order chi connectivity index (χ1) is 5.70. The molecule has 0 aromatic rings. The average Bonchev–Trinajstić information content (AvgIpc) is 2.14. The molecule has 3 heteroatoms. The number of hydrogen-bond acceptors (Lipinski definition) is 3. The summed E-state index contributed by atoms with van der Waals surface area (Å²) in [7, 11) is 0. The maximum absolute atomic E-state index is 9.05. The van der Waals surface area contributed by atoms with Gasteiger partial charge in [-0.2, -0.15) is 0 Å². The fourth-order valence-corrected chi connectivity index (χ4v) is 1.34. The van der Waals surface area contributed by atoms with Crippen LogP contribution in [0.3, 0.4) is 0 Å². The third kappa shape index (κ3) is 2.06. The van der Waals surface area contributed by atoms with Crippen LogP contribution in [0.2, 0.25) is 0 Å². The molecule has 72 valence electrons. The molecule has 0 aromatic heterocycles. The van der Waals surface area contributed by atoms with Gasteiger partial charge in [-0.1, -0.05) is 18.6 Å². The third-order valence-electron chi connectivity index (χ3n) is 2.32. The van der Waals surface area contributed by atoms with Gasteiger partial charge in [0.25, 0.3) is 0 Å². The van der Waals surface area contributed by atoms with Crippen molar-refractivity contribution in [3.63, 3.8) is 0 Å². The van der Waals surface area contributed by atoms with E-state index in [1.165, 1.54) is 0 Å². The van der Waals surface area contributed by atoms with Crippen molar-refractivity contribution in [2.24, 2.45) is 5.41 Å². The molecule has 0 atom stereocenters. The highest BCUT2D eigenvalue weighted by atomic mass is 16.3. The molecule has 0 aliphatic heterocycles. The molecule has 0 saturated carbocycles. The highest BCUT2D eigenvalue weighted by molar-refractivity contribution is 5.14. The predicted molar refractivity (Wildman–Crippen MR) is 47.7 cm³/mol. The number of hydrogen-bond donors (Lipinski definition) is 3. The van der Waals surface area contributed by atoms with Crippen LogP contribution in [-0.4, -0.2) is 35.1 Å². The van der Waals surface area contributed by atoms with Gasteiger partial charge >= 0.3 is 0 Å². The quantitative estimate of drug-likeness (QED) is 0.525. The van der Waals surface area contributed by atoms with Gasteiger partial charge in [-0.15, -0.1) is 0 Å². The molecule has 0 aromatic carbocycles. The Labute approximate surface area is 73.4 Å². The molecule has 0 aliphatic rings. The monoisotopic (exact) mass is 174 g/mol. The van der Waals surface area contributed by atoms with E-state index in [2.05, 4.69) is 0 Å². The summed E-state index contributed by atoms with van der Waals surface area (Å²) in [6, 6.07) is 0. The zero-order valence-corrected chi connectivity index (χ0v) is 7.75. The van der Waals surface area contributed by atoms with Crippen molar-refractivity contribution in [1.82, 2.24) is 0 Å². The maximum Gasteiger partial charge on any atom is 0.0605 e. The van der Waals surface area contributed by atoms with E-state index in [1.54, 1.807) is 0 Å². The van der Waals surface area contributed by atoms with Gasteiger partial charge in [0.15, 0.2) is 0 Å². The molecule has 0 fully saturated rings. The number of rotatable bonds is 5. The molecule has 0 bridgehead atoms. The molecule has 0 rings (SSSR count). The Kier molecular flexibility index (Phi) is 5.13. The van der Waals surface area contributed by atoms with Crippen LogP contribution in [0.4, 0.5) is 0 Å². The Morgan fingerprint density at radius 1 is 1.17 bits per heavy atom. The van der Waals surface area contributed by atoms with E-state index in [0.717, 1.165) is 12.0 Å². The van der Waals surface area contributed by atoms with Crippen LogP contribution in [-0.2, 0) is 0 Å². The molecular weight excluding hydrogens is 156 g/mol. The molecular formula is C9H18O3. The summed E-state index contributed by atoms with van der Waals surface area (Å²) >= 11 is 0. The Bertz CT molecular complexity index is 140. The normalized spacial score (nSPS) is 13.6. The molecule has 0 unspecified atom stereocenters. The molecule has 3 nitrogen and oxygen atoms in total. The lowest BCUT2D eigenvalue weighted by Crippen LogP contribution is -2.35. The summed E-state index contributed by atoms with van der Waals surface area (Å²) < 4.78 is 0. The second kappa shape index (κ2) is 5.30. The lowest BCUT2D eigenvalue weighted by Gasteiger charge is -2.29. The molecule has 0 aliphatic carbocycles. The lowest BCUT2D eigenvalue weighted by molar-refractivity contribution is 0.0312. The zero-order chi connectivity index (χ0) is 9.61. The van der Waals surface area contributed by atoms with Gasteiger partial charge < -0.3 is 15.3 Å². The van der Waals surface area contributed by atoms with Crippen LogP contribution in [0.5, 0.6) is 0 Å². The summed E-state index contributed by atoms with van der Waals surface area (Å²) in [5, 5.41) is 27.1. The Hall–Kier alpha value is -0.380. The first kappa shape index (κ1) is 11.6. The van der Waals surface area contributed by atoms with Gasteiger partial charge in [0.1, 0.15) is 0 Å². The standard InChI is InChI=1S/C9H18O3/c1-3-8(4-2)9(5-10,6-11)7-12/h3,10-12H,4-7H2,1-2H3. The van der Waals surface area contributed by atoms with Crippen LogP contribution >= 0.6 is 0 Å². The van der Waals surface area contributed by atoms with E-state index in [1.807, 2.05) is 19.9 Å². The minimum absolute atomic E-state index is 0.215. The fraction of sp³-hybridized carbons (Fsp3) is 0.778. The Morgan fingerprint density at radius 3 is 1.67 bits per heavy atom. The lowest BCUT2D eigenvalue weighted by atomic mass is 9.81. The minimum atomic E-state index is -0.830. The maximum atomic E-state index is 9.05. The predicted octanol–water partition coefficient (Wildman–Crippen LogP) is 0.306. The summed E-state index contributed by atoms with van der Waals surface area (Å²) in [4.78, 5) is 0. The van der Waals surface area contributed by atoms with Crippen LogP contribution in [0.25, 0.3) is 0 Å². The van der Waals surface area contributed by atoms with Crippen molar-refractivity contribution in [3.8, 4) is 0 Å². The summed E-state index contributed by atoms with van der Waals surface area (Å²) in [6.45, 7) is 3.13. The van der Waals surface area contributed by atoms with Gasteiger partial charge in [-0.3, -0.25) is 0 Å². The number of allylic oxidation sites excluding steroid dienone is 1. The van der Waals surface area contributed by atoms with Crippen LogP contribution in [0.1, 0.15) is 20.3 Å². The molecule has 0 heterocycles. The average molecular weight is 174 g/mol. The second-order valence-electron chi connectivity index (χ2n) is 2.92. The summed E-state index contributed by atoms with van der Waals surface area (Å²) in [6.07, 6.45) is 2.57. The highest BCUT2D eigenvalue weighted by Crippen LogP contribution is 2.28. The van der Waals surface area contributed by atoms with Crippen LogP contribution < -0.4 is 0 Å². The van der Waals surface area contributed by atoms with Gasteiger partial charge in [0.05, 0.1) is 25.2 Å². The summed E-state index contributed by atoms with van der Waals surface area (Å²) in [5.41, 5.74) is 0.0683. The topological polar surface area (TPSA) is 60.7 Å². The van der Waals surface area contributed by atoms with Crippen LogP contribution in [0, 0.1) is 5.41 Å². The van der Waals surface area contributed by atoms with Crippen molar-refractivity contribution in [2.45, 2.75) is 20.3 Å². The summed E-state index contributed by atoms with van der Waals surface area (Å²) in [5.74, 6) is 0. The van der Waals surface area contributed by atoms with Crippen molar-refractivity contribution in [1.29, 1.82) is 0 Å². The van der Waals surface area contributed by atoms with Crippen molar-refractivity contribution < 1.29 is 15.3 Å². The van der Waals surface area contributed by atoms with Crippen molar-refractivity contribution in [3.05, 3.63) is 11.6 Å². The van der Waals surface area contributed by atoms with E-state index in [-0.39, 0.29) is 19.8 Å². The van der Waals surface area contributed by atoms with Gasteiger partial charge in [-0.05, 0) is 13.3 Å². The first-order valence-electron chi connectivity index (χ1n) is 4.19. The Balaban J connectivity index is 4.68. The van der Waals surface area contributed by atoms with Crippen LogP contribution in [0.15, 0.2) is 11.6 Å². The smallest absolute Gasteiger partial charge is 0.0605 e. The Morgan fingerprint density at radius 2 is 1.58 bits per heavy atom. The molecule has 3 N–H and O–H groups in total. The number of aliphatic hydroxyl groups is 3. The third-order valence-corrected chi connectivity index (χ3v) is 2.32. The van der Waals surface area contributed by atoms with E-state index >= 15 is 0 Å². The van der Waals surface area contributed by atoms with Gasteiger partial charge in [0, 0.05) is 0 Å². The first-order valence-corrected chi connectivity index (χ1v) is 4.19. The number of aliphatic hydroxyl groups excluding tert-OH is 3. The van der Waals surface area contributed by atoms with Crippen molar-refractivity contribution in [2.75, 3.05) is 19.8 Å². The van der Waals surface area contributed by atoms with Crippen molar-refractivity contribution >= 4 is 0 Å². The SMILES string of the molecule is CC=C(CC)C(CO)(CO)CO. The largest absolute Gasteiger partial charge is 0.395 e. The van der Waals surface area contributed by atoms with E-state index in [4.69, 9.17) is 15.3 Å². The van der Waals surface area contributed by atoms with Gasteiger partial charge in [-0.25, -0.2) is 0 Å². The second-order valence-corrected chi connectivity index (χ2v) is 2.92. The molecule has 12 heavy (non-hydrogen) atoms. The molecule has 0 saturated heterocycles. The van der Waals surface area contributed by atoms with E-state index in [9.17, 15) is 0 Å².